The Bertz CT molecular complexity index is 683. The first-order valence-electron chi connectivity index (χ1n) is 9.06. The molecule has 0 bridgehead atoms. The molecule has 3 aromatic carbocycles. The van der Waals surface area contributed by atoms with E-state index in [0.29, 0.717) is 6.10 Å². The second-order valence-corrected chi connectivity index (χ2v) is 10.2. The van der Waals surface area contributed by atoms with Crippen LogP contribution >= 0.6 is 7.26 Å². The van der Waals surface area contributed by atoms with Gasteiger partial charge in [-0.15, -0.1) is 0 Å². The van der Waals surface area contributed by atoms with E-state index in [0.717, 1.165) is 12.8 Å². The minimum Gasteiger partial charge on any atom is -0.374 e. The normalized spacial score (nSPS) is 17.5. The highest BCUT2D eigenvalue weighted by molar-refractivity contribution is 7.95. The van der Waals surface area contributed by atoms with Crippen molar-refractivity contribution < 1.29 is 4.74 Å². The number of benzene rings is 3. The summed E-state index contributed by atoms with van der Waals surface area (Å²) in [5, 5.41) is 4.34. The van der Waals surface area contributed by atoms with E-state index in [1.165, 1.54) is 28.8 Å². The van der Waals surface area contributed by atoms with Crippen LogP contribution in [0.25, 0.3) is 0 Å². The molecule has 1 nitrogen and oxygen atoms in total. The van der Waals surface area contributed by atoms with E-state index in [9.17, 15) is 0 Å². The maximum absolute atomic E-state index is 6.10. The number of ether oxygens (including phenoxy) is 1. The van der Waals surface area contributed by atoms with Crippen molar-refractivity contribution >= 4 is 23.2 Å². The van der Waals surface area contributed by atoms with E-state index in [1.807, 2.05) is 0 Å². The average molecular weight is 347 g/mol. The molecule has 0 aromatic heterocycles. The van der Waals surface area contributed by atoms with Crippen LogP contribution in [0.4, 0.5) is 0 Å². The maximum Gasteiger partial charge on any atom is 0.114 e. The zero-order chi connectivity index (χ0) is 17.0. The van der Waals surface area contributed by atoms with Gasteiger partial charge in [-0.1, -0.05) is 54.6 Å². The molecule has 1 unspecified atom stereocenters. The Morgan fingerprint density at radius 1 is 0.680 bits per heavy atom. The standard InChI is InChI=1S/C23H24OP/c1-4-12-21(13-5-1)25(19-20-11-10-18-24-20,22-14-6-2-7-15-22)23-16-8-3-9-17-23/h1-9,12-17,20H,10-11,18-19H2/q+1. The molecular formula is C23H24OP+. The lowest BCUT2D eigenvalue weighted by molar-refractivity contribution is 0.128. The monoisotopic (exact) mass is 347 g/mol. The number of hydrogen-bond acceptors (Lipinski definition) is 1. The van der Waals surface area contributed by atoms with Gasteiger partial charge < -0.3 is 4.74 Å². The summed E-state index contributed by atoms with van der Waals surface area (Å²) in [6.45, 7) is 0.906. The minimum atomic E-state index is -1.73. The van der Waals surface area contributed by atoms with Crippen molar-refractivity contribution in [2.75, 3.05) is 12.8 Å². The summed E-state index contributed by atoms with van der Waals surface area (Å²) in [6, 6.07) is 33.2. The summed E-state index contributed by atoms with van der Waals surface area (Å²) >= 11 is 0. The van der Waals surface area contributed by atoms with Gasteiger partial charge in [0.25, 0.3) is 0 Å². The van der Waals surface area contributed by atoms with E-state index in [-0.39, 0.29) is 0 Å². The van der Waals surface area contributed by atoms with Crippen LogP contribution in [0.5, 0.6) is 0 Å². The Morgan fingerprint density at radius 3 is 1.48 bits per heavy atom. The molecule has 1 aliphatic heterocycles. The van der Waals surface area contributed by atoms with Crippen LogP contribution in [-0.4, -0.2) is 18.9 Å². The minimum absolute atomic E-state index is 0.356. The summed E-state index contributed by atoms with van der Waals surface area (Å²) in [6.07, 6.45) is 3.80. The molecule has 0 saturated carbocycles. The molecule has 2 heteroatoms. The van der Waals surface area contributed by atoms with Gasteiger partial charge in [-0.25, -0.2) is 0 Å². The fourth-order valence-corrected chi connectivity index (χ4v) is 8.37. The smallest absolute Gasteiger partial charge is 0.114 e. The van der Waals surface area contributed by atoms with Crippen molar-refractivity contribution in [2.45, 2.75) is 18.9 Å². The molecule has 4 rings (SSSR count). The highest BCUT2D eigenvalue weighted by Gasteiger charge is 2.47. The van der Waals surface area contributed by atoms with Crippen molar-refractivity contribution in [3.63, 3.8) is 0 Å². The molecule has 1 saturated heterocycles. The number of hydrogen-bond donors (Lipinski definition) is 0. The van der Waals surface area contributed by atoms with Gasteiger partial charge >= 0.3 is 0 Å². The van der Waals surface area contributed by atoms with Crippen molar-refractivity contribution in [3.8, 4) is 0 Å². The van der Waals surface area contributed by atoms with E-state index in [4.69, 9.17) is 4.74 Å². The third kappa shape index (κ3) is 3.27. The number of rotatable bonds is 5. The molecule has 0 radical (unpaired) electrons. The maximum atomic E-state index is 6.10. The van der Waals surface area contributed by atoms with Crippen LogP contribution in [0.2, 0.25) is 0 Å². The largest absolute Gasteiger partial charge is 0.374 e. The van der Waals surface area contributed by atoms with Crippen LogP contribution in [0.1, 0.15) is 12.8 Å². The molecule has 25 heavy (non-hydrogen) atoms. The Labute approximate surface area is 151 Å². The highest BCUT2D eigenvalue weighted by Crippen LogP contribution is 2.56. The van der Waals surface area contributed by atoms with E-state index < -0.39 is 7.26 Å². The zero-order valence-electron chi connectivity index (χ0n) is 14.4. The average Bonchev–Trinajstić information content (AvgIpc) is 3.21. The fraction of sp³-hybridized carbons (Fsp3) is 0.217. The van der Waals surface area contributed by atoms with Gasteiger partial charge in [-0.05, 0) is 49.2 Å². The van der Waals surface area contributed by atoms with Crippen molar-refractivity contribution in [3.05, 3.63) is 91.0 Å². The predicted molar refractivity (Wildman–Crippen MR) is 109 cm³/mol. The molecule has 1 heterocycles. The third-order valence-electron chi connectivity index (χ3n) is 5.09. The first kappa shape index (κ1) is 16.5. The van der Waals surface area contributed by atoms with Crippen LogP contribution in [0, 0.1) is 0 Å². The second-order valence-electron chi connectivity index (χ2n) is 6.63. The van der Waals surface area contributed by atoms with Crippen molar-refractivity contribution in [1.82, 2.24) is 0 Å². The molecule has 0 amide bonds. The van der Waals surface area contributed by atoms with Gasteiger partial charge in [-0.2, -0.15) is 0 Å². The van der Waals surface area contributed by atoms with Gasteiger partial charge in [-0.3, -0.25) is 0 Å². The van der Waals surface area contributed by atoms with Gasteiger partial charge in [0, 0.05) is 6.61 Å². The zero-order valence-corrected chi connectivity index (χ0v) is 15.3. The third-order valence-corrected chi connectivity index (χ3v) is 9.59. The summed E-state index contributed by atoms with van der Waals surface area (Å²) in [4.78, 5) is 0. The summed E-state index contributed by atoms with van der Waals surface area (Å²) in [5.74, 6) is 0. The highest BCUT2D eigenvalue weighted by atomic mass is 31.2. The Balaban J connectivity index is 1.93. The molecule has 0 spiro atoms. The van der Waals surface area contributed by atoms with Crippen LogP contribution in [0.3, 0.4) is 0 Å². The Kier molecular flexibility index (Phi) is 4.97. The van der Waals surface area contributed by atoms with E-state index in [2.05, 4.69) is 91.0 Å². The lowest BCUT2D eigenvalue weighted by Gasteiger charge is -2.29. The molecule has 0 aliphatic carbocycles. The van der Waals surface area contributed by atoms with Crippen LogP contribution < -0.4 is 15.9 Å². The molecule has 126 valence electrons. The first-order chi connectivity index (χ1) is 12.4. The van der Waals surface area contributed by atoms with Gasteiger partial charge in [0.1, 0.15) is 23.2 Å². The van der Waals surface area contributed by atoms with Crippen molar-refractivity contribution in [2.24, 2.45) is 0 Å². The Morgan fingerprint density at radius 2 is 1.12 bits per heavy atom. The summed E-state index contributed by atoms with van der Waals surface area (Å²) < 4.78 is 6.10. The second kappa shape index (κ2) is 7.52. The fourth-order valence-electron chi connectivity index (χ4n) is 3.90. The van der Waals surface area contributed by atoms with E-state index in [1.54, 1.807) is 0 Å². The van der Waals surface area contributed by atoms with Gasteiger partial charge in [0.05, 0.1) is 12.3 Å². The summed E-state index contributed by atoms with van der Waals surface area (Å²) in [5.41, 5.74) is 0. The van der Waals surface area contributed by atoms with E-state index >= 15 is 0 Å². The van der Waals surface area contributed by atoms with Crippen molar-refractivity contribution in [1.29, 1.82) is 0 Å². The molecule has 1 atom stereocenters. The molecular weight excluding hydrogens is 323 g/mol. The molecule has 1 fully saturated rings. The Hall–Kier alpha value is -1.95. The van der Waals surface area contributed by atoms with Crippen LogP contribution in [-0.2, 0) is 4.74 Å². The SMILES string of the molecule is c1ccc([P+](CC2CCCO2)(c2ccccc2)c2ccccc2)cc1. The lowest BCUT2D eigenvalue weighted by atomic mass is 10.3. The quantitative estimate of drug-likeness (QED) is 0.630. The molecule has 1 aliphatic rings. The van der Waals surface area contributed by atoms with Crippen LogP contribution in [0.15, 0.2) is 91.0 Å². The predicted octanol–water partition coefficient (Wildman–Crippen LogP) is 4.16. The van der Waals surface area contributed by atoms with Gasteiger partial charge in [0.2, 0.25) is 0 Å². The summed E-state index contributed by atoms with van der Waals surface area (Å²) in [7, 11) is -1.73. The topological polar surface area (TPSA) is 9.23 Å². The molecule has 0 N–H and O–H groups in total. The molecule has 3 aromatic rings. The van der Waals surface area contributed by atoms with Gasteiger partial charge in [0.15, 0.2) is 0 Å². The first-order valence-corrected chi connectivity index (χ1v) is 11.0. The lowest BCUT2D eigenvalue weighted by Crippen LogP contribution is -2.36.